The van der Waals surface area contributed by atoms with Gasteiger partial charge in [-0.2, -0.15) is 0 Å². The van der Waals surface area contributed by atoms with Crippen molar-refractivity contribution in [2.75, 3.05) is 0 Å². The number of fused-ring (bicyclic) bond motifs is 14. The van der Waals surface area contributed by atoms with E-state index in [9.17, 15) is 0 Å². The monoisotopic (exact) mass is 610 g/mol. The highest BCUT2D eigenvalue weighted by atomic mass is 14.9. The fourth-order valence-electron chi connectivity index (χ4n) is 8.12. The number of nitrogens with one attached hydrogen (secondary N) is 2. The third-order valence-electron chi connectivity index (χ3n) is 10.2. The molecule has 0 bridgehead atoms. The van der Waals surface area contributed by atoms with Gasteiger partial charge in [0.25, 0.3) is 0 Å². The molecule has 4 nitrogen and oxygen atoms in total. The highest BCUT2D eigenvalue weighted by molar-refractivity contribution is 6.27. The summed E-state index contributed by atoms with van der Waals surface area (Å²) in [4.78, 5) is 18.4. The molecule has 222 valence electrons. The summed E-state index contributed by atoms with van der Waals surface area (Å²) in [6, 6.07) is 51.8. The van der Waals surface area contributed by atoms with E-state index < -0.39 is 0 Å². The normalized spacial score (nSPS) is 12.2. The number of benzene rings is 9. The number of hydrogen-bond acceptors (Lipinski definition) is 2. The maximum Gasteiger partial charge on any atom is 0.139 e. The lowest BCUT2D eigenvalue weighted by atomic mass is 9.91. The predicted molar refractivity (Wildman–Crippen MR) is 202 cm³/mol. The summed E-state index contributed by atoms with van der Waals surface area (Å²) >= 11 is 0. The lowest BCUT2D eigenvalue weighted by Gasteiger charge is -2.14. The molecular formula is C44H26N4. The maximum atomic E-state index is 5.39. The molecule has 0 aliphatic carbocycles. The number of nitrogens with zero attached hydrogens (tertiary/aromatic N) is 2. The van der Waals surface area contributed by atoms with Gasteiger partial charge in [-0.05, 0) is 43.1 Å². The summed E-state index contributed by atoms with van der Waals surface area (Å²) in [5, 5.41) is 14.1. The maximum absolute atomic E-state index is 5.39. The first-order valence-corrected chi connectivity index (χ1v) is 16.4. The molecule has 0 amide bonds. The molecule has 9 aromatic carbocycles. The molecule has 0 radical (unpaired) electrons. The van der Waals surface area contributed by atoms with Crippen LogP contribution in [0.15, 0.2) is 146 Å². The fraction of sp³-hybridized carbons (Fsp3) is 0. The van der Waals surface area contributed by atoms with Crippen molar-refractivity contribution in [3.63, 3.8) is 0 Å². The third kappa shape index (κ3) is 3.38. The van der Waals surface area contributed by atoms with E-state index in [0.29, 0.717) is 0 Å². The zero-order valence-electron chi connectivity index (χ0n) is 25.8. The Balaban J connectivity index is 1.26. The molecule has 0 aliphatic rings. The molecule has 0 unspecified atom stereocenters. The molecule has 0 saturated carbocycles. The molecule has 0 spiro atoms. The Hall–Kier alpha value is -6.52. The van der Waals surface area contributed by atoms with Crippen molar-refractivity contribution >= 4 is 86.7 Å². The molecule has 48 heavy (non-hydrogen) atoms. The second-order valence-electron chi connectivity index (χ2n) is 12.6. The number of imidazole rings is 2. The van der Waals surface area contributed by atoms with Crippen molar-refractivity contribution in [3.05, 3.63) is 146 Å². The zero-order chi connectivity index (χ0) is 31.3. The summed E-state index contributed by atoms with van der Waals surface area (Å²) in [7, 11) is 0. The minimum Gasteiger partial charge on any atom is -0.337 e. The number of aromatic amines is 2. The molecule has 0 aliphatic heterocycles. The van der Waals surface area contributed by atoms with E-state index in [-0.39, 0.29) is 0 Å². The topological polar surface area (TPSA) is 57.4 Å². The standard InChI is InChI=1S/C44H26N4/c1-9-21-33-25(13-1)26-14-2-10-22-34(26)40-39(33)45-43(46-40)37-29-17-5-7-19-31(29)38(32-20-8-6-18-30(32)37)44-47-41-35-23-11-3-15-27(35)28-16-4-12-24-36(28)42(41)48-44/h1-24H,(H,45,46)(H,47,48). The Morgan fingerprint density at radius 2 is 0.521 bits per heavy atom. The van der Waals surface area contributed by atoms with Gasteiger partial charge in [0.05, 0.1) is 22.1 Å². The number of rotatable bonds is 2. The van der Waals surface area contributed by atoms with Crippen LogP contribution in [0, 0.1) is 0 Å². The first-order valence-electron chi connectivity index (χ1n) is 16.4. The smallest absolute Gasteiger partial charge is 0.139 e. The molecule has 4 heteroatoms. The Morgan fingerprint density at radius 3 is 0.854 bits per heavy atom. The van der Waals surface area contributed by atoms with E-state index >= 15 is 0 Å². The van der Waals surface area contributed by atoms with Crippen LogP contribution in [0.4, 0.5) is 0 Å². The molecular weight excluding hydrogens is 585 g/mol. The van der Waals surface area contributed by atoms with Crippen LogP contribution in [0.5, 0.6) is 0 Å². The summed E-state index contributed by atoms with van der Waals surface area (Å²) in [5.74, 6) is 1.74. The average Bonchev–Trinajstić information content (AvgIpc) is 3.80. The Kier molecular flexibility index (Phi) is 5.08. The number of H-pyrrole nitrogens is 2. The quantitative estimate of drug-likeness (QED) is 0.151. The van der Waals surface area contributed by atoms with Gasteiger partial charge in [0.15, 0.2) is 0 Å². The molecule has 11 aromatic rings. The number of aromatic nitrogens is 4. The largest absolute Gasteiger partial charge is 0.337 e. The summed E-state index contributed by atoms with van der Waals surface area (Å²) < 4.78 is 0. The minimum atomic E-state index is 0.868. The molecule has 0 atom stereocenters. The highest BCUT2D eigenvalue weighted by Gasteiger charge is 2.22. The van der Waals surface area contributed by atoms with Crippen molar-refractivity contribution in [2.24, 2.45) is 0 Å². The molecule has 2 N–H and O–H groups in total. The van der Waals surface area contributed by atoms with Gasteiger partial charge in [-0.15, -0.1) is 0 Å². The van der Waals surface area contributed by atoms with E-state index in [0.717, 1.165) is 77.2 Å². The van der Waals surface area contributed by atoms with Gasteiger partial charge in [0, 0.05) is 32.7 Å². The first-order chi connectivity index (χ1) is 23.8. The van der Waals surface area contributed by atoms with Crippen molar-refractivity contribution in [1.29, 1.82) is 0 Å². The molecule has 2 aromatic heterocycles. The summed E-state index contributed by atoms with van der Waals surface area (Å²) in [6.45, 7) is 0. The fourth-order valence-corrected chi connectivity index (χ4v) is 8.12. The van der Waals surface area contributed by atoms with Crippen LogP contribution in [-0.4, -0.2) is 19.9 Å². The van der Waals surface area contributed by atoms with Crippen LogP contribution in [0.3, 0.4) is 0 Å². The Bertz CT molecular complexity index is 2710. The molecule has 0 saturated heterocycles. The molecule has 0 fully saturated rings. The number of hydrogen-bond donors (Lipinski definition) is 2. The van der Waals surface area contributed by atoms with Crippen molar-refractivity contribution in [1.82, 2.24) is 19.9 Å². The van der Waals surface area contributed by atoms with Crippen LogP contribution >= 0.6 is 0 Å². The average molecular weight is 611 g/mol. The van der Waals surface area contributed by atoms with Gasteiger partial charge < -0.3 is 9.97 Å². The van der Waals surface area contributed by atoms with Crippen molar-refractivity contribution in [3.8, 4) is 22.8 Å². The molecule has 2 heterocycles. The molecule has 11 rings (SSSR count). The van der Waals surface area contributed by atoms with Gasteiger partial charge in [0.2, 0.25) is 0 Å². The second kappa shape index (κ2) is 9.50. The summed E-state index contributed by atoms with van der Waals surface area (Å²) in [6.07, 6.45) is 0. The van der Waals surface area contributed by atoms with Crippen LogP contribution < -0.4 is 0 Å². The van der Waals surface area contributed by atoms with E-state index in [4.69, 9.17) is 9.97 Å². The van der Waals surface area contributed by atoms with Gasteiger partial charge in [0.1, 0.15) is 11.6 Å². The third-order valence-corrected chi connectivity index (χ3v) is 10.2. The predicted octanol–water partition coefficient (Wildman–Crippen LogP) is 11.7. The summed E-state index contributed by atoms with van der Waals surface area (Å²) in [5.41, 5.74) is 6.31. The van der Waals surface area contributed by atoms with E-state index in [1.807, 2.05) is 0 Å². The second-order valence-corrected chi connectivity index (χ2v) is 12.6. The van der Waals surface area contributed by atoms with Crippen LogP contribution in [-0.2, 0) is 0 Å². The van der Waals surface area contributed by atoms with Gasteiger partial charge in [-0.1, -0.05) is 146 Å². The minimum absolute atomic E-state index is 0.868. The Morgan fingerprint density at radius 1 is 0.271 bits per heavy atom. The van der Waals surface area contributed by atoms with E-state index in [2.05, 4.69) is 156 Å². The van der Waals surface area contributed by atoms with E-state index in [1.165, 1.54) is 32.3 Å². The lowest BCUT2D eigenvalue weighted by molar-refractivity contribution is 1.35. The van der Waals surface area contributed by atoms with Crippen molar-refractivity contribution < 1.29 is 0 Å². The van der Waals surface area contributed by atoms with Crippen LogP contribution in [0.2, 0.25) is 0 Å². The Labute approximate surface area is 274 Å². The lowest BCUT2D eigenvalue weighted by Crippen LogP contribution is -1.92. The van der Waals surface area contributed by atoms with Crippen LogP contribution in [0.1, 0.15) is 0 Å². The van der Waals surface area contributed by atoms with Crippen LogP contribution in [0.25, 0.3) is 109 Å². The highest BCUT2D eigenvalue weighted by Crippen LogP contribution is 2.45. The first kappa shape index (κ1) is 25.6. The SMILES string of the molecule is c1ccc2c(-c3nc4c5ccccc5c5ccccc5c4[nH]3)c3ccccc3c(-c3nc4c5ccccc5c5ccccc5c4[nH]3)c2c1. The van der Waals surface area contributed by atoms with Crippen molar-refractivity contribution in [2.45, 2.75) is 0 Å². The van der Waals surface area contributed by atoms with Gasteiger partial charge in [-0.25, -0.2) is 9.97 Å². The van der Waals surface area contributed by atoms with Gasteiger partial charge in [-0.3, -0.25) is 0 Å². The van der Waals surface area contributed by atoms with E-state index in [1.54, 1.807) is 0 Å². The zero-order valence-corrected chi connectivity index (χ0v) is 25.8. The van der Waals surface area contributed by atoms with Gasteiger partial charge >= 0.3 is 0 Å².